The van der Waals surface area contributed by atoms with Crippen LogP contribution in [0.1, 0.15) is 54.7 Å². The van der Waals surface area contributed by atoms with Crippen LogP contribution in [0.25, 0.3) is 11.4 Å². The van der Waals surface area contributed by atoms with Crippen molar-refractivity contribution in [3.8, 4) is 11.4 Å². The molecule has 3 rings (SSSR count). The van der Waals surface area contributed by atoms with E-state index in [9.17, 15) is 4.79 Å². The molecule has 0 aromatic carbocycles. The first-order valence-corrected chi connectivity index (χ1v) is 9.49. The maximum absolute atomic E-state index is 11.9. The fourth-order valence-electron chi connectivity index (χ4n) is 2.46. The predicted octanol–water partition coefficient (Wildman–Crippen LogP) is 4.20. The van der Waals surface area contributed by atoms with Gasteiger partial charge in [0.25, 0.3) is 5.56 Å². The second-order valence-electron chi connectivity index (χ2n) is 6.69. The SMILES string of the molecule is Cc1nc(-c2ccc(NC(C)c3csc(C(C)C)n3)nc2)[nH]c(=O)c1C. The van der Waals surface area contributed by atoms with Gasteiger partial charge in [0.2, 0.25) is 0 Å². The highest BCUT2D eigenvalue weighted by atomic mass is 32.1. The number of aromatic nitrogens is 4. The Kier molecular flexibility index (Phi) is 5.18. The van der Waals surface area contributed by atoms with E-state index in [1.54, 1.807) is 24.5 Å². The summed E-state index contributed by atoms with van der Waals surface area (Å²) in [5, 5.41) is 6.59. The molecule has 0 radical (unpaired) electrons. The minimum Gasteiger partial charge on any atom is -0.362 e. The second kappa shape index (κ2) is 7.37. The highest BCUT2D eigenvalue weighted by Gasteiger charge is 2.13. The maximum atomic E-state index is 11.9. The summed E-state index contributed by atoms with van der Waals surface area (Å²) in [5.41, 5.74) is 3.04. The maximum Gasteiger partial charge on any atom is 0.254 e. The van der Waals surface area contributed by atoms with Crippen molar-refractivity contribution in [3.05, 3.63) is 56.0 Å². The Bertz CT molecular complexity index is 959. The molecule has 0 fully saturated rings. The van der Waals surface area contributed by atoms with Crippen molar-refractivity contribution in [1.82, 2.24) is 19.9 Å². The average Bonchev–Trinajstić information content (AvgIpc) is 3.10. The number of pyridine rings is 1. The third-order valence-corrected chi connectivity index (χ3v) is 5.44. The van der Waals surface area contributed by atoms with E-state index in [4.69, 9.17) is 0 Å². The lowest BCUT2D eigenvalue weighted by atomic mass is 10.2. The molecule has 26 heavy (non-hydrogen) atoms. The molecule has 0 saturated carbocycles. The van der Waals surface area contributed by atoms with Gasteiger partial charge in [-0.1, -0.05) is 13.8 Å². The van der Waals surface area contributed by atoms with Gasteiger partial charge in [0.1, 0.15) is 11.6 Å². The number of nitrogens with one attached hydrogen (secondary N) is 2. The molecule has 1 unspecified atom stereocenters. The van der Waals surface area contributed by atoms with Gasteiger partial charge in [-0.2, -0.15) is 0 Å². The van der Waals surface area contributed by atoms with Crippen LogP contribution < -0.4 is 10.9 Å². The molecule has 136 valence electrons. The fraction of sp³-hybridized carbons (Fsp3) is 0.368. The highest BCUT2D eigenvalue weighted by Crippen LogP contribution is 2.25. The number of aromatic amines is 1. The standard InChI is InChI=1S/C19H23N5OS/c1-10(2)19-23-15(9-26-19)13(5)21-16-7-6-14(8-20-16)17-22-12(4)11(3)18(25)24-17/h6-10,13H,1-5H3,(H,20,21)(H,22,24,25). The third-order valence-electron chi connectivity index (χ3n) is 4.27. The van der Waals surface area contributed by atoms with Gasteiger partial charge in [-0.05, 0) is 32.9 Å². The highest BCUT2D eigenvalue weighted by molar-refractivity contribution is 7.09. The van der Waals surface area contributed by atoms with Crippen LogP contribution in [0.3, 0.4) is 0 Å². The molecular weight excluding hydrogens is 346 g/mol. The normalized spacial score (nSPS) is 12.4. The molecular formula is C19H23N5OS. The van der Waals surface area contributed by atoms with Crippen molar-refractivity contribution in [3.63, 3.8) is 0 Å². The van der Waals surface area contributed by atoms with Crippen molar-refractivity contribution in [2.75, 3.05) is 5.32 Å². The van der Waals surface area contributed by atoms with Gasteiger partial charge in [0.15, 0.2) is 0 Å². The van der Waals surface area contributed by atoms with E-state index in [1.165, 1.54) is 0 Å². The van der Waals surface area contributed by atoms with Gasteiger partial charge in [-0.25, -0.2) is 15.0 Å². The molecule has 0 saturated heterocycles. The first-order chi connectivity index (χ1) is 12.3. The van der Waals surface area contributed by atoms with Crippen molar-refractivity contribution < 1.29 is 0 Å². The Hall–Kier alpha value is -2.54. The van der Waals surface area contributed by atoms with Gasteiger partial charge in [0, 0.05) is 34.3 Å². The molecule has 0 aliphatic rings. The molecule has 3 aromatic rings. The third kappa shape index (κ3) is 3.83. The largest absolute Gasteiger partial charge is 0.362 e. The summed E-state index contributed by atoms with van der Waals surface area (Å²) in [6.45, 7) is 9.95. The molecule has 7 heteroatoms. The number of rotatable bonds is 5. The van der Waals surface area contributed by atoms with Crippen molar-refractivity contribution in [2.45, 2.75) is 46.6 Å². The van der Waals surface area contributed by atoms with Crippen LogP contribution in [0.2, 0.25) is 0 Å². The summed E-state index contributed by atoms with van der Waals surface area (Å²) >= 11 is 1.69. The number of aryl methyl sites for hydroxylation is 1. The molecule has 0 spiro atoms. The monoisotopic (exact) mass is 369 g/mol. The second-order valence-corrected chi connectivity index (χ2v) is 7.58. The van der Waals surface area contributed by atoms with Crippen LogP contribution in [0.5, 0.6) is 0 Å². The Morgan fingerprint density at radius 2 is 1.92 bits per heavy atom. The molecule has 3 heterocycles. The van der Waals surface area contributed by atoms with E-state index in [0.717, 1.165) is 27.8 Å². The molecule has 6 nitrogen and oxygen atoms in total. The molecule has 0 bridgehead atoms. The van der Waals surface area contributed by atoms with Gasteiger partial charge < -0.3 is 10.3 Å². The average molecular weight is 369 g/mol. The number of thiazole rings is 1. The summed E-state index contributed by atoms with van der Waals surface area (Å²) in [6.07, 6.45) is 1.71. The summed E-state index contributed by atoms with van der Waals surface area (Å²) in [4.78, 5) is 28.3. The molecule has 0 aliphatic carbocycles. The number of anilines is 1. The number of nitrogens with zero attached hydrogens (tertiary/aromatic N) is 3. The Morgan fingerprint density at radius 1 is 1.15 bits per heavy atom. The van der Waals surface area contributed by atoms with Gasteiger partial charge in [-0.3, -0.25) is 4.79 Å². The van der Waals surface area contributed by atoms with E-state index >= 15 is 0 Å². The zero-order valence-electron chi connectivity index (χ0n) is 15.6. The van der Waals surface area contributed by atoms with Crippen LogP contribution in [-0.2, 0) is 0 Å². The van der Waals surface area contributed by atoms with Crippen molar-refractivity contribution in [1.29, 1.82) is 0 Å². The molecule has 1 atom stereocenters. The zero-order valence-corrected chi connectivity index (χ0v) is 16.4. The summed E-state index contributed by atoms with van der Waals surface area (Å²) < 4.78 is 0. The number of hydrogen-bond donors (Lipinski definition) is 2. The van der Waals surface area contributed by atoms with Crippen LogP contribution >= 0.6 is 11.3 Å². The summed E-state index contributed by atoms with van der Waals surface area (Å²) in [6, 6.07) is 3.85. The van der Waals surface area contributed by atoms with Crippen molar-refractivity contribution >= 4 is 17.2 Å². The van der Waals surface area contributed by atoms with E-state index in [1.807, 2.05) is 19.1 Å². The van der Waals surface area contributed by atoms with Crippen LogP contribution in [0.15, 0.2) is 28.5 Å². The van der Waals surface area contributed by atoms with Crippen molar-refractivity contribution in [2.24, 2.45) is 0 Å². The van der Waals surface area contributed by atoms with E-state index in [2.05, 4.69) is 51.4 Å². The minimum atomic E-state index is -0.118. The Morgan fingerprint density at radius 3 is 2.50 bits per heavy atom. The van der Waals surface area contributed by atoms with Gasteiger partial charge in [-0.15, -0.1) is 11.3 Å². The van der Waals surface area contributed by atoms with E-state index in [-0.39, 0.29) is 11.6 Å². The van der Waals surface area contributed by atoms with Gasteiger partial charge >= 0.3 is 0 Å². The number of hydrogen-bond acceptors (Lipinski definition) is 6. The molecule has 0 amide bonds. The summed E-state index contributed by atoms with van der Waals surface area (Å²) in [5.74, 6) is 1.73. The lowest BCUT2D eigenvalue weighted by Crippen LogP contribution is -2.14. The van der Waals surface area contributed by atoms with Crippen LogP contribution in [-0.4, -0.2) is 19.9 Å². The van der Waals surface area contributed by atoms with Crippen LogP contribution in [0, 0.1) is 13.8 Å². The first-order valence-electron chi connectivity index (χ1n) is 8.61. The smallest absolute Gasteiger partial charge is 0.254 e. The Balaban J connectivity index is 1.76. The Labute approximate surface area is 156 Å². The molecule has 3 aromatic heterocycles. The predicted molar refractivity (Wildman–Crippen MR) is 106 cm³/mol. The molecule has 0 aliphatic heterocycles. The van der Waals surface area contributed by atoms with E-state index in [0.29, 0.717) is 17.3 Å². The zero-order chi connectivity index (χ0) is 18.8. The lowest BCUT2D eigenvalue weighted by Gasteiger charge is -2.13. The van der Waals surface area contributed by atoms with E-state index < -0.39 is 0 Å². The lowest BCUT2D eigenvalue weighted by molar-refractivity contribution is 0.798. The van der Waals surface area contributed by atoms with Gasteiger partial charge in [0.05, 0.1) is 16.7 Å². The fourth-order valence-corrected chi connectivity index (χ4v) is 3.39. The minimum absolute atomic E-state index is 0.0663. The number of H-pyrrole nitrogens is 1. The first kappa shape index (κ1) is 18.3. The topological polar surface area (TPSA) is 83.6 Å². The quantitative estimate of drug-likeness (QED) is 0.704. The molecule has 2 N–H and O–H groups in total. The van der Waals surface area contributed by atoms with Crippen LogP contribution in [0.4, 0.5) is 5.82 Å². The summed E-state index contributed by atoms with van der Waals surface area (Å²) in [7, 11) is 0.